The van der Waals surface area contributed by atoms with Gasteiger partial charge in [-0.05, 0) is 5.56 Å². The number of thiocarbonyl (C=S) groups is 1. The molecule has 16 heavy (non-hydrogen) atoms. The molecule has 2 N–H and O–H groups in total. The number of amides is 1. The molecule has 0 saturated heterocycles. The van der Waals surface area contributed by atoms with Gasteiger partial charge in [0.2, 0.25) is 5.91 Å². The van der Waals surface area contributed by atoms with Gasteiger partial charge in [0, 0.05) is 5.75 Å². The molecule has 0 bridgehead atoms. The molecule has 1 amide bonds. The number of nitrogens with two attached hydrogens (primary N) is 1. The van der Waals surface area contributed by atoms with Crippen molar-refractivity contribution in [2.24, 2.45) is 11.1 Å². The summed E-state index contributed by atoms with van der Waals surface area (Å²) in [7, 11) is 0. The summed E-state index contributed by atoms with van der Waals surface area (Å²) in [6, 6.07) is 9.77. The van der Waals surface area contributed by atoms with Crippen molar-refractivity contribution in [3.63, 3.8) is 0 Å². The molecule has 0 aliphatic rings. The lowest BCUT2D eigenvalue weighted by Gasteiger charge is -2.19. The van der Waals surface area contributed by atoms with Gasteiger partial charge < -0.3 is 5.73 Å². The molecule has 1 aromatic rings. The van der Waals surface area contributed by atoms with Crippen molar-refractivity contribution >= 4 is 34.1 Å². The molecule has 0 fully saturated rings. The molecule has 1 rings (SSSR count). The molecule has 1 aromatic carbocycles. The van der Waals surface area contributed by atoms with E-state index in [1.165, 1.54) is 11.8 Å². The predicted octanol–water partition coefficient (Wildman–Crippen LogP) is 2.61. The predicted molar refractivity (Wildman–Crippen MR) is 73.6 cm³/mol. The van der Waals surface area contributed by atoms with Crippen LogP contribution in [-0.4, -0.2) is 15.9 Å². The fraction of sp³-hybridized carbons (Fsp3) is 0.333. The van der Waals surface area contributed by atoms with Crippen LogP contribution in [0.4, 0.5) is 0 Å². The highest BCUT2D eigenvalue weighted by atomic mass is 32.2. The van der Waals surface area contributed by atoms with Gasteiger partial charge in [0.1, 0.15) is 0 Å². The smallest absolute Gasteiger partial charge is 0.223 e. The van der Waals surface area contributed by atoms with E-state index in [9.17, 15) is 4.79 Å². The summed E-state index contributed by atoms with van der Waals surface area (Å²) < 4.78 is 0.801. The van der Waals surface area contributed by atoms with Gasteiger partial charge in [-0.25, -0.2) is 0 Å². The molecule has 2 nitrogen and oxygen atoms in total. The van der Waals surface area contributed by atoms with E-state index < -0.39 is 5.41 Å². The molecule has 86 valence electrons. The zero-order valence-electron chi connectivity index (χ0n) is 9.40. The van der Waals surface area contributed by atoms with Gasteiger partial charge in [-0.3, -0.25) is 4.79 Å². The van der Waals surface area contributed by atoms with Crippen LogP contribution < -0.4 is 5.73 Å². The molecular weight excluding hydrogens is 238 g/mol. The lowest BCUT2D eigenvalue weighted by molar-refractivity contribution is -0.124. The Labute approximate surface area is 106 Å². The highest BCUT2D eigenvalue weighted by molar-refractivity contribution is 8.23. The minimum Gasteiger partial charge on any atom is -0.369 e. The second-order valence-electron chi connectivity index (χ2n) is 4.19. The van der Waals surface area contributed by atoms with Gasteiger partial charge in [0.05, 0.1) is 9.61 Å². The Morgan fingerprint density at radius 3 is 2.44 bits per heavy atom. The molecule has 4 heteroatoms. The van der Waals surface area contributed by atoms with Crippen molar-refractivity contribution in [2.75, 3.05) is 5.75 Å². The van der Waals surface area contributed by atoms with Crippen LogP contribution >= 0.6 is 24.0 Å². The van der Waals surface area contributed by atoms with Crippen LogP contribution in [0.3, 0.4) is 0 Å². The molecule has 0 saturated carbocycles. The zero-order chi connectivity index (χ0) is 12.2. The van der Waals surface area contributed by atoms with Gasteiger partial charge in [0.15, 0.2) is 0 Å². The molecule has 0 radical (unpaired) electrons. The average molecular weight is 253 g/mol. The van der Waals surface area contributed by atoms with Gasteiger partial charge >= 0.3 is 0 Å². The number of primary amides is 1. The molecule has 0 aliphatic heterocycles. The summed E-state index contributed by atoms with van der Waals surface area (Å²) in [5, 5.41) is 0. The highest BCUT2D eigenvalue weighted by Gasteiger charge is 2.25. The first-order valence-electron chi connectivity index (χ1n) is 4.95. The Bertz CT molecular complexity index is 387. The van der Waals surface area contributed by atoms with E-state index in [1.54, 1.807) is 0 Å². The third-order valence-electron chi connectivity index (χ3n) is 2.24. The monoisotopic (exact) mass is 253 g/mol. The first-order valence-corrected chi connectivity index (χ1v) is 6.35. The lowest BCUT2D eigenvalue weighted by Crippen LogP contribution is -2.33. The van der Waals surface area contributed by atoms with E-state index in [0.29, 0.717) is 5.75 Å². The van der Waals surface area contributed by atoms with Crippen LogP contribution in [0.1, 0.15) is 19.4 Å². The largest absolute Gasteiger partial charge is 0.369 e. The zero-order valence-corrected chi connectivity index (χ0v) is 11.0. The Morgan fingerprint density at radius 1 is 1.38 bits per heavy atom. The third-order valence-corrected chi connectivity index (χ3v) is 4.19. The summed E-state index contributed by atoms with van der Waals surface area (Å²) in [6.07, 6.45) is 0. The van der Waals surface area contributed by atoms with E-state index in [-0.39, 0.29) is 5.91 Å². The fourth-order valence-electron chi connectivity index (χ4n) is 0.975. The number of thioether (sulfide) groups is 1. The summed E-state index contributed by atoms with van der Waals surface area (Å²) in [5.41, 5.74) is 5.79. The maximum Gasteiger partial charge on any atom is 0.223 e. The summed E-state index contributed by atoms with van der Waals surface area (Å²) in [4.78, 5) is 11.1. The number of carbonyl (C=O) groups is 1. The van der Waals surface area contributed by atoms with Crippen LogP contribution in [0.2, 0.25) is 0 Å². The van der Waals surface area contributed by atoms with Gasteiger partial charge in [-0.1, -0.05) is 56.4 Å². The molecular formula is C12H15NOS2. The molecule has 0 heterocycles. The van der Waals surface area contributed by atoms with Gasteiger partial charge in [-0.15, -0.1) is 11.8 Å². The Hall–Kier alpha value is -0.870. The van der Waals surface area contributed by atoms with Crippen LogP contribution in [0.25, 0.3) is 0 Å². The van der Waals surface area contributed by atoms with E-state index in [2.05, 4.69) is 0 Å². The standard InChI is InChI=1S/C12H15NOS2/c1-12(2,11(13)14)8-16-10(15)9-6-4-3-5-7-9/h3-7H,8H2,1-2H3,(H2,13,14). The first kappa shape index (κ1) is 13.2. The molecule has 0 aromatic heterocycles. The van der Waals surface area contributed by atoms with Crippen molar-refractivity contribution in [1.82, 2.24) is 0 Å². The van der Waals surface area contributed by atoms with E-state index in [4.69, 9.17) is 18.0 Å². The normalized spacial score (nSPS) is 11.1. The topological polar surface area (TPSA) is 43.1 Å². The summed E-state index contributed by atoms with van der Waals surface area (Å²) in [5.74, 6) is 0.312. The number of hydrogen-bond donors (Lipinski definition) is 1. The highest BCUT2D eigenvalue weighted by Crippen LogP contribution is 2.24. The Balaban J connectivity index is 2.58. The molecule has 0 atom stereocenters. The quantitative estimate of drug-likeness (QED) is 0.839. The van der Waals surface area contributed by atoms with Gasteiger partial charge in [0.25, 0.3) is 0 Å². The average Bonchev–Trinajstić information content (AvgIpc) is 2.27. The molecule has 0 aliphatic carbocycles. The number of benzene rings is 1. The van der Waals surface area contributed by atoms with Crippen LogP contribution in [0.5, 0.6) is 0 Å². The van der Waals surface area contributed by atoms with Crippen LogP contribution in [0.15, 0.2) is 30.3 Å². The van der Waals surface area contributed by atoms with Crippen molar-refractivity contribution in [3.05, 3.63) is 35.9 Å². The first-order chi connectivity index (χ1) is 7.43. The van der Waals surface area contributed by atoms with Crippen LogP contribution in [0, 0.1) is 5.41 Å². The minimum atomic E-state index is -0.524. The van der Waals surface area contributed by atoms with Crippen molar-refractivity contribution in [3.8, 4) is 0 Å². The van der Waals surface area contributed by atoms with Crippen molar-refractivity contribution < 1.29 is 4.79 Å². The van der Waals surface area contributed by atoms with E-state index in [1.807, 2.05) is 44.2 Å². The number of carbonyl (C=O) groups excluding carboxylic acids is 1. The molecule has 0 unspecified atom stereocenters. The van der Waals surface area contributed by atoms with Crippen molar-refractivity contribution in [2.45, 2.75) is 13.8 Å². The van der Waals surface area contributed by atoms with Gasteiger partial charge in [-0.2, -0.15) is 0 Å². The number of rotatable bonds is 4. The van der Waals surface area contributed by atoms with Crippen LogP contribution in [-0.2, 0) is 4.79 Å². The Morgan fingerprint density at radius 2 is 1.94 bits per heavy atom. The second kappa shape index (κ2) is 5.46. The maximum atomic E-state index is 11.1. The number of hydrogen-bond acceptors (Lipinski definition) is 3. The van der Waals surface area contributed by atoms with Crippen molar-refractivity contribution in [1.29, 1.82) is 0 Å². The fourth-order valence-corrected chi connectivity index (χ4v) is 2.22. The molecule has 0 spiro atoms. The third kappa shape index (κ3) is 3.61. The maximum absolute atomic E-state index is 11.1. The summed E-state index contributed by atoms with van der Waals surface area (Å²) in [6.45, 7) is 3.66. The lowest BCUT2D eigenvalue weighted by atomic mass is 9.96. The SMILES string of the molecule is CC(C)(CSC(=S)c1ccccc1)C(N)=O. The Kier molecular flexibility index (Phi) is 4.50. The van der Waals surface area contributed by atoms with E-state index in [0.717, 1.165) is 9.76 Å². The van der Waals surface area contributed by atoms with E-state index >= 15 is 0 Å². The summed E-state index contributed by atoms with van der Waals surface area (Å²) >= 11 is 6.78. The minimum absolute atomic E-state index is 0.295. The second-order valence-corrected chi connectivity index (χ2v) is 5.84.